The lowest BCUT2D eigenvalue weighted by Crippen LogP contribution is -2.46. The standard InChI is InChI=1S/C52H97NO5/c1-4-7-10-13-16-19-22-24-25-27-29-32-35-38-41-44-50(55)49(47-54)53-51(56)46-48(43-40-37-34-31-28-21-18-15-12-9-6-3)58-52(57)45-42-39-36-33-30-26-23-20-17-14-11-8-5-2/h9,12,15,18,21,28,48-50,54-55H,4-8,10-11,13-14,16-17,19-20,22-27,29-47H2,1-3H3,(H,53,56)/b12-9+,18-15+,28-21-. The van der Waals surface area contributed by atoms with Gasteiger partial charge in [-0.1, -0.05) is 237 Å². The van der Waals surface area contributed by atoms with Gasteiger partial charge >= 0.3 is 5.97 Å². The first-order valence-corrected chi connectivity index (χ1v) is 25.2. The van der Waals surface area contributed by atoms with Crippen molar-refractivity contribution in [1.29, 1.82) is 0 Å². The monoisotopic (exact) mass is 816 g/mol. The Kier molecular flexibility index (Phi) is 44.6. The fourth-order valence-electron chi connectivity index (χ4n) is 7.73. The number of nitrogens with one attached hydrogen (secondary N) is 1. The Balaban J connectivity index is 4.52. The number of carbonyl (C=O) groups excluding carboxylic acids is 2. The minimum Gasteiger partial charge on any atom is -0.462 e. The molecule has 0 heterocycles. The van der Waals surface area contributed by atoms with E-state index in [-0.39, 0.29) is 24.9 Å². The Hall–Kier alpha value is -1.92. The van der Waals surface area contributed by atoms with Crippen molar-refractivity contribution in [3.05, 3.63) is 36.5 Å². The van der Waals surface area contributed by atoms with Crippen LogP contribution in [0.2, 0.25) is 0 Å². The van der Waals surface area contributed by atoms with Crippen LogP contribution in [0.5, 0.6) is 0 Å². The lowest BCUT2D eigenvalue weighted by molar-refractivity contribution is -0.151. The van der Waals surface area contributed by atoms with Gasteiger partial charge in [-0.15, -0.1) is 0 Å². The Morgan fingerprint density at radius 1 is 0.517 bits per heavy atom. The van der Waals surface area contributed by atoms with E-state index in [4.69, 9.17) is 4.74 Å². The van der Waals surface area contributed by atoms with Gasteiger partial charge in [-0.2, -0.15) is 0 Å². The second-order valence-corrected chi connectivity index (χ2v) is 17.3. The normalized spacial score (nSPS) is 13.5. The van der Waals surface area contributed by atoms with Gasteiger partial charge in [-0.3, -0.25) is 9.59 Å². The van der Waals surface area contributed by atoms with Crippen LogP contribution < -0.4 is 5.32 Å². The highest BCUT2D eigenvalue weighted by Crippen LogP contribution is 2.18. The number of carbonyl (C=O) groups is 2. The molecular formula is C52H97NO5. The smallest absolute Gasteiger partial charge is 0.306 e. The van der Waals surface area contributed by atoms with Gasteiger partial charge in [0.05, 0.1) is 25.2 Å². The number of rotatable bonds is 45. The molecule has 3 unspecified atom stereocenters. The average molecular weight is 816 g/mol. The fourth-order valence-corrected chi connectivity index (χ4v) is 7.73. The largest absolute Gasteiger partial charge is 0.462 e. The average Bonchev–Trinajstić information content (AvgIpc) is 3.22. The van der Waals surface area contributed by atoms with E-state index in [1.807, 2.05) is 6.08 Å². The topological polar surface area (TPSA) is 95.9 Å². The number of unbranched alkanes of at least 4 members (excludes halogenated alkanes) is 29. The van der Waals surface area contributed by atoms with Crippen molar-refractivity contribution in [2.45, 2.75) is 277 Å². The summed E-state index contributed by atoms with van der Waals surface area (Å²) in [4.78, 5) is 26.1. The van der Waals surface area contributed by atoms with Crippen LogP contribution in [-0.2, 0) is 14.3 Å². The summed E-state index contributed by atoms with van der Waals surface area (Å²) in [5, 5.41) is 23.7. The third kappa shape index (κ3) is 40.8. The lowest BCUT2D eigenvalue weighted by atomic mass is 10.0. The third-order valence-electron chi connectivity index (χ3n) is 11.5. The molecule has 0 saturated carbocycles. The van der Waals surface area contributed by atoms with Crippen LogP contribution >= 0.6 is 0 Å². The predicted molar refractivity (Wildman–Crippen MR) is 250 cm³/mol. The van der Waals surface area contributed by atoms with Crippen molar-refractivity contribution in [1.82, 2.24) is 5.32 Å². The summed E-state index contributed by atoms with van der Waals surface area (Å²) < 4.78 is 5.90. The highest BCUT2D eigenvalue weighted by atomic mass is 16.5. The number of allylic oxidation sites excluding steroid dienone is 6. The molecule has 340 valence electrons. The molecule has 0 spiro atoms. The Bertz CT molecular complexity index is 961. The summed E-state index contributed by atoms with van der Waals surface area (Å²) in [5.41, 5.74) is 0. The molecule has 6 nitrogen and oxygen atoms in total. The van der Waals surface area contributed by atoms with Crippen molar-refractivity contribution >= 4 is 11.9 Å². The third-order valence-corrected chi connectivity index (χ3v) is 11.5. The van der Waals surface area contributed by atoms with Crippen molar-refractivity contribution in [3.8, 4) is 0 Å². The number of hydrogen-bond acceptors (Lipinski definition) is 5. The maximum Gasteiger partial charge on any atom is 0.306 e. The Morgan fingerprint density at radius 2 is 0.931 bits per heavy atom. The van der Waals surface area contributed by atoms with Gasteiger partial charge in [-0.25, -0.2) is 0 Å². The number of ether oxygens (including phenoxy) is 1. The first kappa shape index (κ1) is 56.1. The van der Waals surface area contributed by atoms with E-state index in [9.17, 15) is 19.8 Å². The molecule has 0 bridgehead atoms. The minimum atomic E-state index is -0.793. The van der Waals surface area contributed by atoms with Crippen LogP contribution in [-0.4, -0.2) is 46.9 Å². The van der Waals surface area contributed by atoms with Crippen LogP contribution in [0.25, 0.3) is 0 Å². The quantitative estimate of drug-likeness (QED) is 0.0323. The van der Waals surface area contributed by atoms with Gasteiger partial charge < -0.3 is 20.3 Å². The van der Waals surface area contributed by atoms with Crippen LogP contribution in [0.1, 0.15) is 258 Å². The van der Waals surface area contributed by atoms with E-state index in [1.54, 1.807) is 0 Å². The number of esters is 1. The zero-order valence-corrected chi connectivity index (χ0v) is 38.7. The number of hydrogen-bond donors (Lipinski definition) is 3. The van der Waals surface area contributed by atoms with Crippen molar-refractivity contribution in [2.75, 3.05) is 6.61 Å². The SMILES string of the molecule is CC/C=C/C=C/C=C\CCCCCC(CC(=O)NC(CO)C(O)CCCCCCCCCCCCCCCCC)OC(=O)CCCCCCCCCCCCCCC. The molecule has 0 aromatic carbocycles. The molecule has 6 heteroatoms. The summed E-state index contributed by atoms with van der Waals surface area (Å²) in [6.07, 6.45) is 53.5. The van der Waals surface area contributed by atoms with E-state index in [2.05, 4.69) is 56.5 Å². The number of aliphatic hydroxyl groups excluding tert-OH is 2. The molecule has 0 aliphatic rings. The molecule has 0 aliphatic carbocycles. The summed E-state index contributed by atoms with van der Waals surface area (Å²) in [6.45, 7) is 6.35. The van der Waals surface area contributed by atoms with Crippen molar-refractivity contribution in [2.24, 2.45) is 0 Å². The van der Waals surface area contributed by atoms with E-state index in [0.717, 1.165) is 70.6 Å². The van der Waals surface area contributed by atoms with Gasteiger partial charge in [0, 0.05) is 6.42 Å². The zero-order valence-electron chi connectivity index (χ0n) is 38.7. The molecule has 1 amide bonds. The second kappa shape index (κ2) is 46.2. The molecule has 58 heavy (non-hydrogen) atoms. The molecule has 3 N–H and O–H groups in total. The summed E-state index contributed by atoms with van der Waals surface area (Å²) in [7, 11) is 0. The summed E-state index contributed by atoms with van der Waals surface area (Å²) in [5.74, 6) is -0.500. The van der Waals surface area contributed by atoms with E-state index in [0.29, 0.717) is 19.3 Å². The minimum absolute atomic E-state index is 0.0580. The maximum absolute atomic E-state index is 13.2. The fraction of sp³-hybridized carbons (Fsp3) is 0.846. The van der Waals surface area contributed by atoms with E-state index in [1.165, 1.54) is 141 Å². The molecule has 0 saturated heterocycles. The predicted octanol–water partition coefficient (Wildman–Crippen LogP) is 14.9. The van der Waals surface area contributed by atoms with Crippen LogP contribution in [0, 0.1) is 0 Å². The first-order valence-electron chi connectivity index (χ1n) is 25.2. The number of amides is 1. The summed E-state index contributed by atoms with van der Waals surface area (Å²) in [6, 6.07) is -0.709. The lowest BCUT2D eigenvalue weighted by Gasteiger charge is -2.24. The van der Waals surface area contributed by atoms with Gasteiger partial charge in [0.15, 0.2) is 0 Å². The van der Waals surface area contributed by atoms with E-state index < -0.39 is 18.2 Å². The maximum atomic E-state index is 13.2. The summed E-state index contributed by atoms with van der Waals surface area (Å²) >= 11 is 0. The molecule has 0 aromatic heterocycles. The van der Waals surface area contributed by atoms with E-state index >= 15 is 0 Å². The zero-order chi connectivity index (χ0) is 42.4. The molecule has 0 aromatic rings. The molecule has 0 fully saturated rings. The first-order chi connectivity index (χ1) is 28.5. The Morgan fingerprint density at radius 3 is 1.40 bits per heavy atom. The highest BCUT2D eigenvalue weighted by Gasteiger charge is 2.24. The Labute approximate surface area is 360 Å². The van der Waals surface area contributed by atoms with Crippen LogP contribution in [0.3, 0.4) is 0 Å². The molecule has 0 rings (SSSR count). The van der Waals surface area contributed by atoms with Crippen LogP contribution in [0.15, 0.2) is 36.5 Å². The van der Waals surface area contributed by atoms with Gasteiger partial charge in [-0.05, 0) is 44.9 Å². The number of aliphatic hydroxyl groups is 2. The second-order valence-electron chi connectivity index (χ2n) is 17.3. The molecular weight excluding hydrogens is 719 g/mol. The molecule has 3 atom stereocenters. The highest BCUT2D eigenvalue weighted by molar-refractivity contribution is 5.77. The molecule has 0 radical (unpaired) electrons. The van der Waals surface area contributed by atoms with Crippen LogP contribution in [0.4, 0.5) is 0 Å². The van der Waals surface area contributed by atoms with Crippen molar-refractivity contribution < 1.29 is 24.5 Å². The van der Waals surface area contributed by atoms with Gasteiger partial charge in [0.2, 0.25) is 5.91 Å². The van der Waals surface area contributed by atoms with Gasteiger partial charge in [0.1, 0.15) is 6.10 Å². The van der Waals surface area contributed by atoms with Crippen molar-refractivity contribution in [3.63, 3.8) is 0 Å². The van der Waals surface area contributed by atoms with Gasteiger partial charge in [0.25, 0.3) is 0 Å². The molecule has 0 aliphatic heterocycles.